The zero-order chi connectivity index (χ0) is 14.4. The van der Waals surface area contributed by atoms with Crippen LogP contribution in [0.3, 0.4) is 0 Å². The quantitative estimate of drug-likeness (QED) is 0.865. The van der Waals surface area contributed by atoms with Crippen molar-refractivity contribution >= 4 is 5.91 Å². The van der Waals surface area contributed by atoms with Gasteiger partial charge in [-0.25, -0.2) is 0 Å². The molecular weight excluding hydrogens is 248 g/mol. The molecule has 1 aliphatic rings. The molecule has 0 aromatic heterocycles. The van der Waals surface area contributed by atoms with Gasteiger partial charge in [-0.3, -0.25) is 4.79 Å². The minimum atomic E-state index is 0.0872. The molecule has 1 saturated heterocycles. The molecule has 2 rings (SSSR count). The van der Waals surface area contributed by atoms with Crippen LogP contribution in [0.1, 0.15) is 32.3 Å². The Morgan fingerprint density at radius 3 is 2.55 bits per heavy atom. The van der Waals surface area contributed by atoms with E-state index >= 15 is 0 Å². The van der Waals surface area contributed by atoms with E-state index in [1.807, 2.05) is 6.07 Å². The van der Waals surface area contributed by atoms with Gasteiger partial charge in [0.2, 0.25) is 5.91 Å². The fraction of sp³-hybridized carbons (Fsp3) is 0.588. The first-order valence-corrected chi connectivity index (χ1v) is 7.59. The van der Waals surface area contributed by atoms with E-state index < -0.39 is 0 Å². The van der Waals surface area contributed by atoms with Crippen molar-refractivity contribution in [3.05, 3.63) is 35.9 Å². The van der Waals surface area contributed by atoms with Gasteiger partial charge in [-0.1, -0.05) is 44.2 Å². The molecule has 0 saturated carbocycles. The van der Waals surface area contributed by atoms with Gasteiger partial charge in [0.15, 0.2) is 0 Å². The number of hydrogen-bond acceptors (Lipinski definition) is 2. The molecule has 0 unspecified atom stereocenters. The molecule has 1 heterocycles. The first kappa shape index (κ1) is 15.0. The van der Waals surface area contributed by atoms with Crippen molar-refractivity contribution in [2.45, 2.75) is 33.1 Å². The summed E-state index contributed by atoms with van der Waals surface area (Å²) in [5.41, 5.74) is 1.41. The predicted octanol–water partition coefficient (Wildman–Crippen LogP) is 2.37. The van der Waals surface area contributed by atoms with Crippen LogP contribution in [0, 0.1) is 11.3 Å². The van der Waals surface area contributed by atoms with Crippen LogP contribution in [0.25, 0.3) is 0 Å². The van der Waals surface area contributed by atoms with Crippen LogP contribution in [0.2, 0.25) is 0 Å². The van der Waals surface area contributed by atoms with Crippen molar-refractivity contribution in [2.24, 2.45) is 11.3 Å². The second-order valence-electron chi connectivity index (χ2n) is 6.57. The van der Waals surface area contributed by atoms with Gasteiger partial charge in [0.1, 0.15) is 0 Å². The second-order valence-corrected chi connectivity index (χ2v) is 6.57. The van der Waals surface area contributed by atoms with Crippen LogP contribution in [0.5, 0.6) is 0 Å². The van der Waals surface area contributed by atoms with Gasteiger partial charge in [0, 0.05) is 12.5 Å². The molecule has 110 valence electrons. The minimum Gasteiger partial charge on any atom is -0.355 e. The number of carbonyl (C=O) groups excluding carboxylic acids is 1. The maximum atomic E-state index is 12.2. The van der Waals surface area contributed by atoms with Gasteiger partial charge in [-0.2, -0.15) is 0 Å². The van der Waals surface area contributed by atoms with Crippen LogP contribution in [-0.2, 0) is 11.2 Å². The summed E-state index contributed by atoms with van der Waals surface area (Å²) in [6.45, 7) is 7.09. The number of benzene rings is 1. The lowest BCUT2D eigenvalue weighted by Crippen LogP contribution is -2.42. The van der Waals surface area contributed by atoms with Crippen molar-refractivity contribution in [1.82, 2.24) is 10.6 Å². The summed E-state index contributed by atoms with van der Waals surface area (Å²) in [5, 5.41) is 6.44. The van der Waals surface area contributed by atoms with Crippen LogP contribution in [-0.4, -0.2) is 25.5 Å². The number of amides is 1. The lowest BCUT2D eigenvalue weighted by atomic mass is 9.85. The van der Waals surface area contributed by atoms with Gasteiger partial charge in [0.25, 0.3) is 0 Å². The minimum absolute atomic E-state index is 0.0872. The molecule has 0 bridgehead atoms. The summed E-state index contributed by atoms with van der Waals surface area (Å²) < 4.78 is 0. The summed E-state index contributed by atoms with van der Waals surface area (Å²) in [4.78, 5) is 12.2. The Morgan fingerprint density at radius 2 is 1.90 bits per heavy atom. The third-order valence-corrected chi connectivity index (χ3v) is 3.98. The number of hydrogen-bond donors (Lipinski definition) is 2. The first-order valence-electron chi connectivity index (χ1n) is 7.59. The van der Waals surface area contributed by atoms with Crippen LogP contribution < -0.4 is 10.6 Å². The van der Waals surface area contributed by atoms with E-state index in [1.54, 1.807) is 0 Å². The molecular formula is C17H26N2O. The zero-order valence-electron chi connectivity index (χ0n) is 12.6. The highest BCUT2D eigenvalue weighted by Gasteiger charge is 2.24. The van der Waals surface area contributed by atoms with Gasteiger partial charge < -0.3 is 10.6 Å². The Labute approximate surface area is 122 Å². The van der Waals surface area contributed by atoms with Crippen molar-refractivity contribution in [3.8, 4) is 0 Å². The van der Waals surface area contributed by atoms with E-state index in [2.05, 4.69) is 48.7 Å². The van der Waals surface area contributed by atoms with Gasteiger partial charge in [0.05, 0.1) is 0 Å². The Kier molecular flexibility index (Phi) is 5.18. The van der Waals surface area contributed by atoms with Crippen molar-refractivity contribution in [1.29, 1.82) is 0 Å². The molecule has 3 nitrogen and oxygen atoms in total. The molecule has 2 N–H and O–H groups in total. The predicted molar refractivity (Wildman–Crippen MR) is 82.5 cm³/mol. The third-order valence-electron chi connectivity index (χ3n) is 3.98. The Morgan fingerprint density at radius 1 is 1.25 bits per heavy atom. The first-order chi connectivity index (χ1) is 9.57. The summed E-state index contributed by atoms with van der Waals surface area (Å²) >= 11 is 0. The fourth-order valence-corrected chi connectivity index (χ4v) is 2.77. The van der Waals surface area contributed by atoms with E-state index in [0.717, 1.165) is 38.9 Å². The normalized spacial score (nSPS) is 16.9. The number of carbonyl (C=O) groups is 1. The Hall–Kier alpha value is -1.35. The average Bonchev–Trinajstić information content (AvgIpc) is 2.46. The Bertz CT molecular complexity index is 422. The smallest absolute Gasteiger partial charge is 0.223 e. The highest BCUT2D eigenvalue weighted by Crippen LogP contribution is 2.21. The molecule has 1 fully saturated rings. The van der Waals surface area contributed by atoms with E-state index in [9.17, 15) is 4.79 Å². The van der Waals surface area contributed by atoms with Gasteiger partial charge >= 0.3 is 0 Å². The molecule has 1 aromatic carbocycles. The van der Waals surface area contributed by atoms with Crippen LogP contribution in [0.15, 0.2) is 30.3 Å². The highest BCUT2D eigenvalue weighted by atomic mass is 16.1. The van der Waals surface area contributed by atoms with E-state index in [4.69, 9.17) is 0 Å². The van der Waals surface area contributed by atoms with Gasteiger partial charge in [-0.05, 0) is 43.3 Å². The second kappa shape index (κ2) is 6.89. The lowest BCUT2D eigenvalue weighted by Gasteiger charge is -2.28. The van der Waals surface area contributed by atoms with Crippen molar-refractivity contribution < 1.29 is 4.79 Å². The monoisotopic (exact) mass is 274 g/mol. The molecule has 1 aromatic rings. The number of rotatable bonds is 5. The molecule has 20 heavy (non-hydrogen) atoms. The maximum absolute atomic E-state index is 12.2. The van der Waals surface area contributed by atoms with E-state index in [0.29, 0.717) is 0 Å². The summed E-state index contributed by atoms with van der Waals surface area (Å²) in [5.74, 6) is 0.427. The largest absolute Gasteiger partial charge is 0.355 e. The topological polar surface area (TPSA) is 41.1 Å². The third kappa shape index (κ3) is 4.64. The number of nitrogens with one attached hydrogen (secondary N) is 2. The molecule has 0 radical (unpaired) electrons. The van der Waals surface area contributed by atoms with Crippen LogP contribution in [0.4, 0.5) is 0 Å². The standard InChI is InChI=1S/C17H26N2O/c1-17(2,12-14-6-4-3-5-7-14)13-19-16(20)15-8-10-18-11-9-15/h3-7,15,18H,8-13H2,1-2H3,(H,19,20). The van der Waals surface area contributed by atoms with E-state index in [-0.39, 0.29) is 17.2 Å². The zero-order valence-corrected chi connectivity index (χ0v) is 12.6. The van der Waals surface area contributed by atoms with Crippen molar-refractivity contribution in [2.75, 3.05) is 19.6 Å². The van der Waals surface area contributed by atoms with Crippen molar-refractivity contribution in [3.63, 3.8) is 0 Å². The molecule has 1 aliphatic heterocycles. The molecule has 0 spiro atoms. The van der Waals surface area contributed by atoms with Gasteiger partial charge in [-0.15, -0.1) is 0 Å². The summed E-state index contributed by atoms with van der Waals surface area (Å²) in [7, 11) is 0. The molecule has 3 heteroatoms. The van der Waals surface area contributed by atoms with E-state index in [1.165, 1.54) is 5.56 Å². The molecule has 1 amide bonds. The average molecular weight is 274 g/mol. The SMILES string of the molecule is CC(C)(CNC(=O)C1CCNCC1)Cc1ccccc1. The number of piperidine rings is 1. The summed E-state index contributed by atoms with van der Waals surface area (Å²) in [6.07, 6.45) is 2.91. The lowest BCUT2D eigenvalue weighted by molar-refractivity contribution is -0.126. The Balaban J connectivity index is 1.80. The molecule has 0 aliphatic carbocycles. The molecule has 0 atom stereocenters. The maximum Gasteiger partial charge on any atom is 0.223 e. The highest BCUT2D eigenvalue weighted by molar-refractivity contribution is 5.78. The van der Waals surface area contributed by atoms with Crippen LogP contribution >= 0.6 is 0 Å². The summed E-state index contributed by atoms with van der Waals surface area (Å²) in [6, 6.07) is 10.5. The fourth-order valence-electron chi connectivity index (χ4n) is 2.77.